The van der Waals surface area contributed by atoms with Gasteiger partial charge < -0.3 is 10.6 Å². The normalized spacial score (nSPS) is 22.2. The van der Waals surface area contributed by atoms with Gasteiger partial charge in [-0.2, -0.15) is 0 Å². The van der Waals surface area contributed by atoms with Gasteiger partial charge in [0.1, 0.15) is 4.88 Å². The monoisotopic (exact) mass is 303 g/mol. The Morgan fingerprint density at radius 1 is 1.33 bits per heavy atom. The number of nitrogens with zero attached hydrogens (tertiary/aromatic N) is 2. The van der Waals surface area contributed by atoms with Crippen LogP contribution in [-0.2, 0) is 0 Å². The number of nitrogens with two attached hydrogens (primary N) is 1. The number of aryl methyl sites for hydroxylation is 2. The molecule has 2 aromatic heterocycles. The molecule has 1 amide bonds. The van der Waals surface area contributed by atoms with Crippen molar-refractivity contribution in [1.82, 2.24) is 9.88 Å². The molecule has 0 radical (unpaired) electrons. The van der Waals surface area contributed by atoms with Crippen molar-refractivity contribution >= 4 is 33.0 Å². The van der Waals surface area contributed by atoms with E-state index in [-0.39, 0.29) is 5.91 Å². The van der Waals surface area contributed by atoms with Crippen molar-refractivity contribution in [3.05, 3.63) is 22.3 Å². The molecule has 1 aliphatic heterocycles. The molecule has 0 aromatic carbocycles. The summed E-state index contributed by atoms with van der Waals surface area (Å²) >= 11 is 1.49. The number of rotatable bonds is 1. The second kappa shape index (κ2) is 4.98. The average Bonchev–Trinajstić information content (AvgIpc) is 2.90. The summed E-state index contributed by atoms with van der Waals surface area (Å²) < 4.78 is 1.06. The molecule has 1 fully saturated rings. The molecule has 0 aliphatic carbocycles. The van der Waals surface area contributed by atoms with Gasteiger partial charge in [-0.25, -0.2) is 0 Å². The van der Waals surface area contributed by atoms with Crippen LogP contribution in [-0.4, -0.2) is 28.9 Å². The number of carbonyl (C=O) groups is 1. The van der Waals surface area contributed by atoms with Gasteiger partial charge in [-0.05, 0) is 31.7 Å². The number of aromatic nitrogens is 1. The second-order valence-corrected chi connectivity index (χ2v) is 7.28. The summed E-state index contributed by atoms with van der Waals surface area (Å²) in [5, 5.41) is 0.939. The third-order valence-electron chi connectivity index (χ3n) is 4.49. The van der Waals surface area contributed by atoms with Crippen LogP contribution in [0.25, 0.3) is 10.1 Å². The maximum Gasteiger partial charge on any atom is 0.266 e. The summed E-state index contributed by atoms with van der Waals surface area (Å²) in [6.45, 7) is 9.96. The molecular formula is C16H21N3OS. The fraction of sp³-hybridized carbons (Fsp3) is 0.500. The Morgan fingerprint density at radius 2 is 1.95 bits per heavy atom. The minimum atomic E-state index is 0.0713. The molecule has 0 spiro atoms. The summed E-state index contributed by atoms with van der Waals surface area (Å²) in [5.74, 6) is 1.17. The van der Waals surface area contributed by atoms with Crippen LogP contribution in [0.1, 0.15) is 34.9 Å². The summed E-state index contributed by atoms with van der Waals surface area (Å²) in [6.07, 6.45) is 0. The van der Waals surface area contributed by atoms with Crippen LogP contribution in [0.15, 0.2) is 6.07 Å². The van der Waals surface area contributed by atoms with E-state index in [2.05, 4.69) is 18.8 Å². The highest BCUT2D eigenvalue weighted by Crippen LogP contribution is 2.37. The smallest absolute Gasteiger partial charge is 0.266 e. The Hall–Kier alpha value is -1.62. The highest BCUT2D eigenvalue weighted by atomic mass is 32.1. The van der Waals surface area contributed by atoms with Crippen molar-refractivity contribution in [1.29, 1.82) is 0 Å². The number of fused-ring (bicyclic) bond motifs is 1. The first-order chi connectivity index (χ1) is 9.88. The van der Waals surface area contributed by atoms with Crippen LogP contribution in [0.2, 0.25) is 0 Å². The molecule has 0 bridgehead atoms. The summed E-state index contributed by atoms with van der Waals surface area (Å²) in [5.41, 5.74) is 8.71. The molecule has 1 aliphatic rings. The number of anilines is 1. The molecule has 3 heterocycles. The predicted molar refractivity (Wildman–Crippen MR) is 87.7 cm³/mol. The van der Waals surface area contributed by atoms with Crippen molar-refractivity contribution < 1.29 is 4.79 Å². The molecule has 4 nitrogen and oxygen atoms in total. The van der Waals surface area contributed by atoms with E-state index in [4.69, 9.17) is 5.73 Å². The standard InChI is InChI=1S/C16H21N3OS/c1-8-6-19(7-9(8)2)16(20)15-14(17)13-11(4)18-10(3)5-12(13)21-15/h5,8-9H,6-7,17H2,1-4H3. The SMILES string of the molecule is Cc1cc2sc(C(=O)N3CC(C)C(C)C3)c(N)c2c(C)n1. The van der Waals surface area contributed by atoms with E-state index >= 15 is 0 Å². The van der Waals surface area contributed by atoms with Crippen molar-refractivity contribution in [3.63, 3.8) is 0 Å². The molecule has 2 unspecified atom stereocenters. The van der Waals surface area contributed by atoms with Crippen LogP contribution in [0.4, 0.5) is 5.69 Å². The van der Waals surface area contributed by atoms with Gasteiger partial charge in [0.2, 0.25) is 0 Å². The highest BCUT2D eigenvalue weighted by molar-refractivity contribution is 7.21. The molecule has 2 atom stereocenters. The molecule has 5 heteroatoms. The van der Waals surface area contributed by atoms with Crippen molar-refractivity contribution in [2.45, 2.75) is 27.7 Å². The van der Waals surface area contributed by atoms with Crippen LogP contribution >= 0.6 is 11.3 Å². The van der Waals surface area contributed by atoms with E-state index in [0.29, 0.717) is 22.4 Å². The third-order valence-corrected chi connectivity index (χ3v) is 5.63. The van der Waals surface area contributed by atoms with Gasteiger partial charge in [-0.15, -0.1) is 11.3 Å². The third kappa shape index (κ3) is 2.29. The number of nitrogen functional groups attached to an aromatic ring is 1. The van der Waals surface area contributed by atoms with Crippen LogP contribution in [0, 0.1) is 25.7 Å². The van der Waals surface area contributed by atoms with E-state index in [0.717, 1.165) is 34.6 Å². The molecule has 1 saturated heterocycles. The molecule has 2 N–H and O–H groups in total. The van der Waals surface area contributed by atoms with Crippen molar-refractivity contribution in [3.8, 4) is 0 Å². The Morgan fingerprint density at radius 3 is 2.57 bits per heavy atom. The van der Waals surface area contributed by atoms with Crippen molar-refractivity contribution in [2.24, 2.45) is 11.8 Å². The second-order valence-electron chi connectivity index (χ2n) is 6.23. The number of hydrogen-bond donors (Lipinski definition) is 1. The topological polar surface area (TPSA) is 59.2 Å². The molecule has 2 aromatic rings. The average molecular weight is 303 g/mol. The van der Waals surface area contributed by atoms with Crippen molar-refractivity contribution in [2.75, 3.05) is 18.8 Å². The summed E-state index contributed by atoms with van der Waals surface area (Å²) in [6, 6.07) is 2.01. The Kier molecular flexibility index (Phi) is 3.40. The zero-order chi connectivity index (χ0) is 15.3. The van der Waals surface area contributed by atoms with Crippen LogP contribution in [0.3, 0.4) is 0 Å². The number of carbonyl (C=O) groups excluding carboxylic acids is 1. The molecule has 112 valence electrons. The Balaban J connectivity index is 2.03. The summed E-state index contributed by atoms with van der Waals surface area (Å²) in [7, 11) is 0. The molecule has 0 saturated carbocycles. The van der Waals surface area contributed by atoms with Gasteiger partial charge in [0.15, 0.2) is 0 Å². The number of likely N-dealkylation sites (tertiary alicyclic amines) is 1. The van der Waals surface area contributed by atoms with E-state index in [9.17, 15) is 4.79 Å². The summed E-state index contributed by atoms with van der Waals surface area (Å²) in [4.78, 5) is 19.8. The first-order valence-corrected chi connectivity index (χ1v) is 8.15. The lowest BCUT2D eigenvalue weighted by Crippen LogP contribution is -2.28. The fourth-order valence-electron chi connectivity index (χ4n) is 3.08. The first-order valence-electron chi connectivity index (χ1n) is 7.34. The number of amides is 1. The minimum absolute atomic E-state index is 0.0713. The van der Waals surface area contributed by atoms with Gasteiger partial charge >= 0.3 is 0 Å². The zero-order valence-corrected chi connectivity index (χ0v) is 13.8. The maximum atomic E-state index is 12.8. The molecular weight excluding hydrogens is 282 g/mol. The quantitative estimate of drug-likeness (QED) is 0.880. The number of pyridine rings is 1. The lowest BCUT2D eigenvalue weighted by molar-refractivity contribution is 0.0791. The Bertz CT molecular complexity index is 712. The van der Waals surface area contributed by atoms with E-state index in [1.807, 2.05) is 24.8 Å². The van der Waals surface area contributed by atoms with Crippen LogP contribution < -0.4 is 5.73 Å². The number of hydrogen-bond acceptors (Lipinski definition) is 4. The number of thiophene rings is 1. The largest absolute Gasteiger partial charge is 0.397 e. The van der Waals surface area contributed by atoms with Gasteiger partial charge in [0.05, 0.1) is 5.69 Å². The fourth-order valence-corrected chi connectivity index (χ4v) is 4.31. The van der Waals surface area contributed by atoms with Gasteiger partial charge in [-0.3, -0.25) is 9.78 Å². The molecule has 21 heavy (non-hydrogen) atoms. The maximum absolute atomic E-state index is 12.8. The predicted octanol–water partition coefficient (Wildman–Crippen LogP) is 3.22. The zero-order valence-electron chi connectivity index (χ0n) is 12.9. The lowest BCUT2D eigenvalue weighted by atomic mass is 10.0. The van der Waals surface area contributed by atoms with Gasteiger partial charge in [0, 0.05) is 34.6 Å². The lowest BCUT2D eigenvalue weighted by Gasteiger charge is -2.15. The highest BCUT2D eigenvalue weighted by Gasteiger charge is 2.32. The Labute approximate surface area is 129 Å². The van der Waals surface area contributed by atoms with Gasteiger partial charge in [0.25, 0.3) is 5.91 Å². The minimum Gasteiger partial charge on any atom is -0.397 e. The van der Waals surface area contributed by atoms with E-state index in [1.165, 1.54) is 11.3 Å². The molecule has 3 rings (SSSR count). The van der Waals surface area contributed by atoms with E-state index < -0.39 is 0 Å². The van der Waals surface area contributed by atoms with Gasteiger partial charge in [-0.1, -0.05) is 13.8 Å². The van der Waals surface area contributed by atoms with E-state index in [1.54, 1.807) is 0 Å². The first kappa shape index (κ1) is 14.3. The van der Waals surface area contributed by atoms with Crippen LogP contribution in [0.5, 0.6) is 0 Å².